The summed E-state index contributed by atoms with van der Waals surface area (Å²) in [7, 11) is 0. The molecule has 0 saturated carbocycles. The van der Waals surface area contributed by atoms with E-state index in [4.69, 9.17) is 11.6 Å². The van der Waals surface area contributed by atoms with Crippen LogP contribution in [0.4, 0.5) is 23.5 Å². The molecular weight excluding hydrogens is 324 g/mol. The molecule has 1 aromatic heterocycles. The summed E-state index contributed by atoms with van der Waals surface area (Å²) in [6.07, 6.45) is 0. The van der Waals surface area contributed by atoms with Crippen LogP contribution in [0.5, 0.6) is 0 Å². The van der Waals surface area contributed by atoms with Gasteiger partial charge in [-0.2, -0.15) is 15.0 Å². The molecule has 0 saturated heterocycles. The Morgan fingerprint density at radius 3 is 1.67 bits per heavy atom. The molecule has 0 radical (unpaired) electrons. The Morgan fingerprint density at radius 1 is 0.792 bits per heavy atom. The quantitative estimate of drug-likeness (QED) is 0.779. The van der Waals surface area contributed by atoms with E-state index < -0.39 is 0 Å². The van der Waals surface area contributed by atoms with Gasteiger partial charge >= 0.3 is 0 Å². The molecule has 0 aliphatic carbocycles. The fourth-order valence-electron chi connectivity index (χ4n) is 2.37. The highest BCUT2D eigenvalue weighted by Gasteiger charge is 2.14. The van der Waals surface area contributed by atoms with Crippen molar-refractivity contribution >= 4 is 35.1 Å². The third kappa shape index (κ3) is 4.47. The maximum atomic E-state index is 5.94. The van der Waals surface area contributed by atoms with Gasteiger partial charge in [0.2, 0.25) is 17.8 Å². The summed E-state index contributed by atoms with van der Waals surface area (Å²) in [5, 5.41) is 3.94. The molecule has 2 aromatic rings. The van der Waals surface area contributed by atoms with Gasteiger partial charge in [-0.25, -0.2) is 0 Å². The number of hydrogen-bond donors (Lipinski definition) is 1. The largest absolute Gasteiger partial charge is 0.341 e. The molecule has 0 aliphatic heterocycles. The van der Waals surface area contributed by atoms with Crippen molar-refractivity contribution in [1.82, 2.24) is 15.0 Å². The zero-order chi connectivity index (χ0) is 17.5. The average Bonchev–Trinajstić information content (AvgIpc) is 2.59. The van der Waals surface area contributed by atoms with Crippen molar-refractivity contribution < 1.29 is 0 Å². The molecule has 0 fully saturated rings. The fourth-order valence-corrected chi connectivity index (χ4v) is 2.49. The molecule has 0 aliphatic rings. The van der Waals surface area contributed by atoms with Crippen LogP contribution in [0.3, 0.4) is 0 Å². The predicted octanol–water partition coefficient (Wildman–Crippen LogP) is 3.96. The maximum absolute atomic E-state index is 5.94. The van der Waals surface area contributed by atoms with Crippen LogP contribution in [0.2, 0.25) is 5.02 Å². The van der Waals surface area contributed by atoms with Crippen LogP contribution in [0.1, 0.15) is 27.7 Å². The van der Waals surface area contributed by atoms with Crippen molar-refractivity contribution in [1.29, 1.82) is 0 Å². The van der Waals surface area contributed by atoms with Gasteiger partial charge in [0.25, 0.3) is 0 Å². The number of rotatable bonds is 8. The van der Waals surface area contributed by atoms with E-state index in [-0.39, 0.29) is 0 Å². The minimum absolute atomic E-state index is 0.538. The molecule has 0 spiro atoms. The first-order valence-corrected chi connectivity index (χ1v) is 8.77. The summed E-state index contributed by atoms with van der Waals surface area (Å²) in [6, 6.07) is 7.48. The number of halogens is 1. The summed E-state index contributed by atoms with van der Waals surface area (Å²) < 4.78 is 0. The smallest absolute Gasteiger partial charge is 0.233 e. The van der Waals surface area contributed by atoms with E-state index in [1.165, 1.54) is 0 Å². The molecule has 0 atom stereocenters. The van der Waals surface area contributed by atoms with Gasteiger partial charge in [-0.1, -0.05) is 11.6 Å². The molecule has 0 bridgehead atoms. The Hall–Kier alpha value is -2.08. The molecule has 1 aromatic carbocycles. The van der Waals surface area contributed by atoms with E-state index >= 15 is 0 Å². The van der Waals surface area contributed by atoms with Gasteiger partial charge in [-0.05, 0) is 52.0 Å². The topological polar surface area (TPSA) is 57.2 Å². The Kier molecular flexibility index (Phi) is 6.61. The summed E-state index contributed by atoms with van der Waals surface area (Å²) >= 11 is 5.94. The lowest BCUT2D eigenvalue weighted by Gasteiger charge is -2.23. The summed E-state index contributed by atoms with van der Waals surface area (Å²) in [4.78, 5) is 18.0. The van der Waals surface area contributed by atoms with E-state index in [1.807, 2.05) is 24.3 Å². The fraction of sp³-hybridized carbons (Fsp3) is 0.471. The first-order chi connectivity index (χ1) is 11.6. The zero-order valence-electron chi connectivity index (χ0n) is 14.8. The van der Waals surface area contributed by atoms with Crippen molar-refractivity contribution in [3.63, 3.8) is 0 Å². The van der Waals surface area contributed by atoms with Gasteiger partial charge in [-0.15, -0.1) is 0 Å². The second kappa shape index (κ2) is 8.68. The van der Waals surface area contributed by atoms with Gasteiger partial charge in [-0.3, -0.25) is 0 Å². The van der Waals surface area contributed by atoms with E-state index in [2.05, 4.69) is 57.8 Å². The first kappa shape index (κ1) is 18.3. The van der Waals surface area contributed by atoms with Gasteiger partial charge < -0.3 is 15.1 Å². The molecular formula is C17H25ClN6. The van der Waals surface area contributed by atoms with Crippen LogP contribution in [0.25, 0.3) is 0 Å². The Bertz CT molecular complexity index is 608. The maximum Gasteiger partial charge on any atom is 0.233 e. The third-order valence-electron chi connectivity index (χ3n) is 3.80. The minimum atomic E-state index is 0.538. The van der Waals surface area contributed by atoms with Crippen LogP contribution >= 0.6 is 11.6 Å². The van der Waals surface area contributed by atoms with Crippen LogP contribution < -0.4 is 15.1 Å². The molecule has 2 rings (SSSR count). The number of benzene rings is 1. The standard InChI is InChI=1S/C17H25ClN6/c1-5-23(6-2)16-20-15(19-14-11-9-13(18)10-12-14)21-17(22-16)24(7-3)8-4/h9-12H,5-8H2,1-4H3,(H,19,20,21,22). The van der Waals surface area contributed by atoms with Crippen molar-refractivity contribution in [3.8, 4) is 0 Å². The minimum Gasteiger partial charge on any atom is -0.341 e. The molecule has 24 heavy (non-hydrogen) atoms. The van der Waals surface area contributed by atoms with Crippen LogP contribution in [0, 0.1) is 0 Å². The van der Waals surface area contributed by atoms with Crippen LogP contribution in [-0.4, -0.2) is 41.1 Å². The normalized spacial score (nSPS) is 10.5. The predicted molar refractivity (Wildman–Crippen MR) is 102 cm³/mol. The lowest BCUT2D eigenvalue weighted by molar-refractivity contribution is 0.779. The van der Waals surface area contributed by atoms with Crippen molar-refractivity contribution in [2.24, 2.45) is 0 Å². The highest BCUT2D eigenvalue weighted by Crippen LogP contribution is 2.21. The molecule has 0 amide bonds. The van der Waals surface area contributed by atoms with Gasteiger partial charge in [0.05, 0.1) is 0 Å². The van der Waals surface area contributed by atoms with Crippen molar-refractivity contribution in [3.05, 3.63) is 29.3 Å². The average molecular weight is 349 g/mol. The van der Waals surface area contributed by atoms with Gasteiger partial charge in [0.15, 0.2) is 0 Å². The van der Waals surface area contributed by atoms with E-state index in [1.54, 1.807) is 0 Å². The van der Waals surface area contributed by atoms with Crippen molar-refractivity contribution in [2.45, 2.75) is 27.7 Å². The van der Waals surface area contributed by atoms with Gasteiger partial charge in [0, 0.05) is 36.9 Å². The second-order valence-electron chi connectivity index (χ2n) is 5.24. The molecule has 0 unspecified atom stereocenters. The monoisotopic (exact) mass is 348 g/mol. The highest BCUT2D eigenvalue weighted by atomic mass is 35.5. The van der Waals surface area contributed by atoms with Crippen LogP contribution in [0.15, 0.2) is 24.3 Å². The van der Waals surface area contributed by atoms with Crippen LogP contribution in [-0.2, 0) is 0 Å². The number of aromatic nitrogens is 3. The first-order valence-electron chi connectivity index (χ1n) is 8.39. The molecule has 130 valence electrons. The summed E-state index contributed by atoms with van der Waals surface area (Å²) in [5.41, 5.74) is 0.890. The Balaban J connectivity index is 2.39. The number of hydrogen-bond acceptors (Lipinski definition) is 6. The molecule has 1 heterocycles. The lowest BCUT2D eigenvalue weighted by Crippen LogP contribution is -2.29. The lowest BCUT2D eigenvalue weighted by atomic mass is 10.3. The second-order valence-corrected chi connectivity index (χ2v) is 5.67. The molecule has 6 nitrogen and oxygen atoms in total. The van der Waals surface area contributed by atoms with Crippen molar-refractivity contribution in [2.75, 3.05) is 41.3 Å². The Labute approximate surface area is 148 Å². The highest BCUT2D eigenvalue weighted by molar-refractivity contribution is 6.30. The number of nitrogens with zero attached hydrogens (tertiary/aromatic N) is 5. The van der Waals surface area contributed by atoms with E-state index in [0.29, 0.717) is 22.9 Å². The third-order valence-corrected chi connectivity index (χ3v) is 4.06. The molecule has 7 heteroatoms. The Morgan fingerprint density at radius 2 is 1.25 bits per heavy atom. The van der Waals surface area contributed by atoms with E-state index in [9.17, 15) is 0 Å². The van der Waals surface area contributed by atoms with Gasteiger partial charge in [0.1, 0.15) is 0 Å². The number of anilines is 4. The molecule has 1 N–H and O–H groups in total. The SMILES string of the molecule is CCN(CC)c1nc(Nc2ccc(Cl)cc2)nc(N(CC)CC)n1. The summed E-state index contributed by atoms with van der Waals surface area (Å²) in [5.74, 6) is 1.91. The zero-order valence-corrected chi connectivity index (χ0v) is 15.5. The number of nitrogens with one attached hydrogen (secondary N) is 1. The van der Waals surface area contributed by atoms with E-state index in [0.717, 1.165) is 31.9 Å². The summed E-state index contributed by atoms with van der Waals surface area (Å²) in [6.45, 7) is 11.8.